The summed E-state index contributed by atoms with van der Waals surface area (Å²) in [5.74, 6) is -2.01. The van der Waals surface area contributed by atoms with E-state index in [0.29, 0.717) is 10.8 Å². The average molecular weight is 443 g/mol. The molecule has 4 heterocycles. The highest BCUT2D eigenvalue weighted by molar-refractivity contribution is 7.12. The fourth-order valence-electron chi connectivity index (χ4n) is 3.27. The van der Waals surface area contributed by atoms with Gasteiger partial charge in [-0.2, -0.15) is 0 Å². The number of nitrogens with zero attached hydrogens (tertiary/aromatic N) is 3. The third kappa shape index (κ3) is 4.56. The molecule has 7 nitrogen and oxygen atoms in total. The fourth-order valence-corrected chi connectivity index (χ4v) is 3.97. The molecule has 0 radical (unpaired) electrons. The molecule has 2 aromatic rings. The predicted octanol–water partition coefficient (Wildman–Crippen LogP) is 3.26. The zero-order chi connectivity index (χ0) is 22.0. The van der Waals surface area contributed by atoms with E-state index in [0.717, 1.165) is 15.1 Å². The molecule has 0 spiro atoms. The number of aliphatic imine (C=N–C) groups is 1. The molecule has 2 aliphatic heterocycles. The van der Waals surface area contributed by atoms with Gasteiger partial charge in [0, 0.05) is 24.2 Å². The van der Waals surface area contributed by atoms with Crippen LogP contribution in [0.25, 0.3) is 6.08 Å². The minimum absolute atomic E-state index is 0.0104. The summed E-state index contributed by atoms with van der Waals surface area (Å²) in [6.07, 6.45) is 4.80. The summed E-state index contributed by atoms with van der Waals surface area (Å²) in [6.45, 7) is 0. The van der Waals surface area contributed by atoms with Gasteiger partial charge in [0.15, 0.2) is 0 Å². The van der Waals surface area contributed by atoms with Crippen LogP contribution in [0.5, 0.6) is 0 Å². The first-order chi connectivity index (χ1) is 14.9. The lowest BCUT2D eigenvalue weighted by atomic mass is 10.1. The molecule has 31 heavy (non-hydrogen) atoms. The van der Waals surface area contributed by atoms with Crippen molar-refractivity contribution in [1.82, 2.24) is 9.54 Å². The third-order valence-corrected chi connectivity index (χ3v) is 5.64. The molecule has 2 aromatic heterocycles. The van der Waals surface area contributed by atoms with Gasteiger partial charge in [0.2, 0.25) is 0 Å². The van der Waals surface area contributed by atoms with Gasteiger partial charge in [0.1, 0.15) is 0 Å². The van der Waals surface area contributed by atoms with E-state index >= 15 is 0 Å². The maximum Gasteiger partial charge on any atom is 0.677 e. The normalized spacial score (nSPS) is 17.0. The van der Waals surface area contributed by atoms with Crippen molar-refractivity contribution in [1.29, 1.82) is 0 Å². The largest absolute Gasteiger partial charge is 0.677 e. The number of halogens is 2. The van der Waals surface area contributed by atoms with E-state index in [9.17, 15) is 23.0 Å². The van der Waals surface area contributed by atoms with Gasteiger partial charge in [0.25, 0.3) is 11.8 Å². The SMILES string of the molecule is O=C(CCc1ccc(/C=C2/C=CC(c3cccs3)=N2)n1B(F)F)ON1C(=O)CCC1=O. The topological polar surface area (TPSA) is 81.0 Å². The molecule has 2 amide bonds. The minimum Gasteiger partial charge on any atom is -0.330 e. The van der Waals surface area contributed by atoms with E-state index in [2.05, 4.69) is 4.99 Å². The molecule has 158 valence electrons. The molecule has 0 bridgehead atoms. The number of allylic oxidation sites excluding steroid dienone is 2. The van der Waals surface area contributed by atoms with E-state index in [-0.39, 0.29) is 37.1 Å². The summed E-state index contributed by atoms with van der Waals surface area (Å²) >= 11 is 1.54. The number of carbonyl (C=O) groups excluding carboxylic acids is 3. The third-order valence-electron chi connectivity index (χ3n) is 4.74. The predicted molar refractivity (Wildman–Crippen MR) is 111 cm³/mol. The van der Waals surface area contributed by atoms with E-state index in [1.54, 1.807) is 12.2 Å². The van der Waals surface area contributed by atoms with Gasteiger partial charge >= 0.3 is 13.4 Å². The average Bonchev–Trinajstić information content (AvgIpc) is 3.51. The number of imide groups is 1. The second-order valence-electron chi connectivity index (χ2n) is 6.82. The van der Waals surface area contributed by atoms with Crippen LogP contribution < -0.4 is 0 Å². The van der Waals surface area contributed by atoms with E-state index in [1.807, 2.05) is 23.6 Å². The Hall–Kier alpha value is -3.34. The lowest BCUT2D eigenvalue weighted by Gasteiger charge is -2.13. The van der Waals surface area contributed by atoms with Crippen LogP contribution in [0.3, 0.4) is 0 Å². The molecule has 0 aliphatic carbocycles. The van der Waals surface area contributed by atoms with Crippen molar-refractivity contribution in [3.05, 3.63) is 63.8 Å². The van der Waals surface area contributed by atoms with Gasteiger partial charge < -0.3 is 9.32 Å². The van der Waals surface area contributed by atoms with Crippen LogP contribution in [0, 0.1) is 0 Å². The van der Waals surface area contributed by atoms with Gasteiger partial charge in [0.05, 0.1) is 22.7 Å². The van der Waals surface area contributed by atoms with Crippen LogP contribution in [0.1, 0.15) is 35.5 Å². The summed E-state index contributed by atoms with van der Waals surface area (Å²) in [5.41, 5.74) is 1.78. The van der Waals surface area contributed by atoms with Gasteiger partial charge in [-0.1, -0.05) is 6.07 Å². The highest BCUT2D eigenvalue weighted by Crippen LogP contribution is 2.23. The van der Waals surface area contributed by atoms with Crippen LogP contribution >= 0.6 is 11.3 Å². The van der Waals surface area contributed by atoms with Crippen LogP contribution in [0.15, 0.2) is 52.5 Å². The summed E-state index contributed by atoms with van der Waals surface area (Å²) in [6, 6.07) is 6.87. The van der Waals surface area contributed by atoms with E-state index < -0.39 is 25.2 Å². The Balaban J connectivity index is 1.46. The number of hydroxylamine groups is 2. The molecular weight excluding hydrogens is 427 g/mol. The van der Waals surface area contributed by atoms with Crippen molar-refractivity contribution < 1.29 is 27.9 Å². The van der Waals surface area contributed by atoms with Gasteiger partial charge in [-0.15, -0.1) is 16.4 Å². The Kier molecular flexibility index (Phi) is 5.94. The van der Waals surface area contributed by atoms with Crippen LogP contribution in [-0.2, 0) is 25.6 Å². The van der Waals surface area contributed by atoms with Crippen molar-refractivity contribution in [2.24, 2.45) is 4.99 Å². The number of amides is 2. The first-order valence-corrected chi connectivity index (χ1v) is 10.4. The van der Waals surface area contributed by atoms with Crippen molar-refractivity contribution in [2.45, 2.75) is 25.7 Å². The number of hydrogen-bond donors (Lipinski definition) is 0. The highest BCUT2D eigenvalue weighted by atomic mass is 32.1. The highest BCUT2D eigenvalue weighted by Gasteiger charge is 2.33. The van der Waals surface area contributed by atoms with Gasteiger partial charge in [-0.05, 0) is 48.2 Å². The van der Waals surface area contributed by atoms with Gasteiger partial charge in [-0.25, -0.2) is 9.79 Å². The Bertz CT molecular complexity index is 1110. The van der Waals surface area contributed by atoms with E-state index in [1.165, 1.54) is 23.5 Å². The molecule has 4 rings (SSSR count). The number of hydrogen-bond acceptors (Lipinski definition) is 6. The molecule has 0 unspecified atom stereocenters. The van der Waals surface area contributed by atoms with Crippen molar-refractivity contribution in [2.75, 3.05) is 0 Å². The lowest BCUT2D eigenvalue weighted by molar-refractivity contribution is -0.197. The molecule has 0 saturated carbocycles. The number of aryl methyl sites for hydroxylation is 1. The second kappa shape index (κ2) is 8.80. The number of thiophene rings is 1. The second-order valence-corrected chi connectivity index (χ2v) is 7.77. The number of carbonyl (C=O) groups is 3. The number of rotatable bonds is 7. The van der Waals surface area contributed by atoms with E-state index in [4.69, 9.17) is 4.84 Å². The summed E-state index contributed by atoms with van der Waals surface area (Å²) in [4.78, 5) is 45.2. The Morgan fingerprint density at radius 3 is 2.65 bits per heavy atom. The van der Waals surface area contributed by atoms with Crippen LogP contribution in [0.2, 0.25) is 0 Å². The van der Waals surface area contributed by atoms with Crippen molar-refractivity contribution in [3.8, 4) is 0 Å². The molecule has 2 aliphatic rings. The van der Waals surface area contributed by atoms with Crippen molar-refractivity contribution >= 4 is 48.3 Å². The smallest absolute Gasteiger partial charge is 0.330 e. The molecule has 11 heteroatoms. The molecule has 1 fully saturated rings. The molecule has 0 aromatic carbocycles. The van der Waals surface area contributed by atoms with Crippen molar-refractivity contribution in [3.63, 3.8) is 0 Å². The zero-order valence-electron chi connectivity index (χ0n) is 16.2. The summed E-state index contributed by atoms with van der Waals surface area (Å²) in [7, 11) is -2.82. The standard InChI is InChI=1S/C20H16BF2N3O4S/c22-21(23)25-14(6-10-20(29)30-26-18(27)8-9-19(26)28)4-5-15(25)12-13-3-7-16(24-13)17-2-1-11-31-17/h1-5,7,11-12H,6,8-10H2/b13-12-. The Morgan fingerprint density at radius 2 is 1.97 bits per heavy atom. The maximum atomic E-state index is 13.7. The summed E-state index contributed by atoms with van der Waals surface area (Å²) < 4.78 is 28.3. The lowest BCUT2D eigenvalue weighted by Crippen LogP contribution is -2.32. The first kappa shape index (κ1) is 20.9. The monoisotopic (exact) mass is 443 g/mol. The Morgan fingerprint density at radius 1 is 1.19 bits per heavy atom. The fraction of sp³-hybridized carbons (Fsp3) is 0.200. The molecule has 0 atom stereocenters. The Labute approximate surface area is 180 Å². The minimum atomic E-state index is -2.82. The van der Waals surface area contributed by atoms with Gasteiger partial charge in [-0.3, -0.25) is 18.2 Å². The quantitative estimate of drug-likeness (QED) is 0.486. The van der Waals surface area contributed by atoms with Crippen LogP contribution in [0.4, 0.5) is 8.63 Å². The summed E-state index contributed by atoms with van der Waals surface area (Å²) in [5, 5.41) is 2.38. The molecule has 1 saturated heterocycles. The molecular formula is C20H16BF2N3O4S. The number of aromatic nitrogens is 1. The van der Waals surface area contributed by atoms with Crippen LogP contribution in [-0.4, -0.2) is 40.4 Å². The molecule has 0 N–H and O–H groups in total. The maximum absolute atomic E-state index is 13.7. The zero-order valence-corrected chi connectivity index (χ0v) is 17.0. The first-order valence-electron chi connectivity index (χ1n) is 9.49.